The van der Waals surface area contributed by atoms with E-state index in [1.165, 1.54) is 25.7 Å². The Kier molecular flexibility index (Phi) is 3.37. The van der Waals surface area contributed by atoms with Crippen molar-refractivity contribution in [3.63, 3.8) is 0 Å². The average molecular weight is 166 g/mol. The van der Waals surface area contributed by atoms with Gasteiger partial charge in [-0.25, -0.2) is 0 Å². The van der Waals surface area contributed by atoms with Gasteiger partial charge in [-0.15, -0.1) is 0 Å². The van der Waals surface area contributed by atoms with Crippen molar-refractivity contribution >= 4 is 0 Å². The Morgan fingerprint density at radius 1 is 1.33 bits per heavy atom. The van der Waals surface area contributed by atoms with Crippen molar-refractivity contribution in [2.24, 2.45) is 11.8 Å². The Hall–Kier alpha value is -0.260. The van der Waals surface area contributed by atoms with E-state index in [-0.39, 0.29) is 0 Å². The van der Waals surface area contributed by atoms with E-state index in [1.807, 2.05) is 0 Å². The maximum Gasteiger partial charge on any atom is -0.0229 e. The molecule has 70 valence electrons. The quantitative estimate of drug-likeness (QED) is 0.540. The Bertz CT molecular complexity index is 176. The lowest BCUT2D eigenvalue weighted by Crippen LogP contribution is -2.15. The number of hydrogen-bond acceptors (Lipinski definition) is 0. The lowest BCUT2D eigenvalue weighted by Gasteiger charge is -2.29. The van der Waals surface area contributed by atoms with E-state index in [0.29, 0.717) is 0 Å². The molecule has 2 unspecified atom stereocenters. The SMILES string of the molecule is CCCC1CC(C)=C(C)C(C)C1. The van der Waals surface area contributed by atoms with Crippen LogP contribution < -0.4 is 0 Å². The highest BCUT2D eigenvalue weighted by Crippen LogP contribution is 2.35. The van der Waals surface area contributed by atoms with E-state index in [4.69, 9.17) is 0 Å². The van der Waals surface area contributed by atoms with Gasteiger partial charge in [0.2, 0.25) is 0 Å². The molecule has 0 saturated carbocycles. The molecule has 0 spiro atoms. The van der Waals surface area contributed by atoms with Crippen LogP contribution >= 0.6 is 0 Å². The van der Waals surface area contributed by atoms with Crippen LogP contribution in [-0.4, -0.2) is 0 Å². The fourth-order valence-electron chi connectivity index (χ4n) is 2.40. The van der Waals surface area contributed by atoms with Gasteiger partial charge >= 0.3 is 0 Å². The molecule has 0 bridgehead atoms. The molecule has 0 nitrogen and oxygen atoms in total. The van der Waals surface area contributed by atoms with Crippen LogP contribution in [0.15, 0.2) is 11.1 Å². The highest BCUT2D eigenvalue weighted by atomic mass is 14.3. The monoisotopic (exact) mass is 166 g/mol. The third-order valence-corrected chi connectivity index (χ3v) is 3.39. The first-order valence-electron chi connectivity index (χ1n) is 5.31. The third kappa shape index (κ3) is 2.12. The van der Waals surface area contributed by atoms with Gasteiger partial charge in [0.15, 0.2) is 0 Å². The van der Waals surface area contributed by atoms with Crippen molar-refractivity contribution in [2.75, 3.05) is 0 Å². The van der Waals surface area contributed by atoms with Gasteiger partial charge in [0, 0.05) is 0 Å². The molecule has 12 heavy (non-hydrogen) atoms. The summed E-state index contributed by atoms with van der Waals surface area (Å²) in [7, 11) is 0. The van der Waals surface area contributed by atoms with Crippen LogP contribution in [0, 0.1) is 11.8 Å². The molecule has 0 aromatic carbocycles. The van der Waals surface area contributed by atoms with E-state index in [1.54, 1.807) is 11.1 Å². The van der Waals surface area contributed by atoms with Gasteiger partial charge < -0.3 is 0 Å². The zero-order chi connectivity index (χ0) is 9.14. The standard InChI is InChI=1S/C12H22/c1-5-6-12-7-9(2)11(4)10(3)8-12/h9,12H,5-8H2,1-4H3. The van der Waals surface area contributed by atoms with Gasteiger partial charge in [-0.2, -0.15) is 0 Å². The van der Waals surface area contributed by atoms with Crippen molar-refractivity contribution in [1.82, 2.24) is 0 Å². The van der Waals surface area contributed by atoms with E-state index >= 15 is 0 Å². The fraction of sp³-hybridized carbons (Fsp3) is 0.833. The number of rotatable bonds is 2. The molecule has 1 aliphatic rings. The van der Waals surface area contributed by atoms with Crippen molar-refractivity contribution in [3.05, 3.63) is 11.1 Å². The minimum absolute atomic E-state index is 0.843. The summed E-state index contributed by atoms with van der Waals surface area (Å²) in [6.07, 6.45) is 5.57. The van der Waals surface area contributed by atoms with Crippen molar-refractivity contribution in [3.8, 4) is 0 Å². The van der Waals surface area contributed by atoms with Crippen LogP contribution in [-0.2, 0) is 0 Å². The molecule has 0 aromatic heterocycles. The summed E-state index contributed by atoms with van der Waals surface area (Å²) in [5, 5.41) is 0. The molecule has 0 heterocycles. The van der Waals surface area contributed by atoms with Gasteiger partial charge in [-0.05, 0) is 38.5 Å². The topological polar surface area (TPSA) is 0 Å². The first-order chi connectivity index (χ1) is 5.65. The molecule has 0 amide bonds. The van der Waals surface area contributed by atoms with Crippen LogP contribution in [0.25, 0.3) is 0 Å². The zero-order valence-corrected chi connectivity index (χ0v) is 8.98. The van der Waals surface area contributed by atoms with Gasteiger partial charge in [0.05, 0.1) is 0 Å². The number of hydrogen-bond donors (Lipinski definition) is 0. The summed E-state index contributed by atoms with van der Waals surface area (Å²) in [6.45, 7) is 9.29. The smallest absolute Gasteiger partial charge is 0.0229 e. The maximum absolute atomic E-state index is 2.38. The van der Waals surface area contributed by atoms with E-state index < -0.39 is 0 Å². The molecule has 0 fully saturated rings. The molecule has 2 atom stereocenters. The first-order valence-corrected chi connectivity index (χ1v) is 5.31. The molecule has 0 radical (unpaired) electrons. The fourth-order valence-corrected chi connectivity index (χ4v) is 2.40. The summed E-state index contributed by atoms with van der Waals surface area (Å²) in [5.41, 5.74) is 3.31. The molecular formula is C12H22. The minimum Gasteiger partial charge on any atom is -0.0739 e. The molecule has 1 rings (SSSR count). The predicted octanol–water partition coefficient (Wildman–Crippen LogP) is 4.17. The van der Waals surface area contributed by atoms with Gasteiger partial charge in [-0.3, -0.25) is 0 Å². The Morgan fingerprint density at radius 2 is 2.00 bits per heavy atom. The van der Waals surface area contributed by atoms with Crippen molar-refractivity contribution in [1.29, 1.82) is 0 Å². The molecular weight excluding hydrogens is 144 g/mol. The normalized spacial score (nSPS) is 31.0. The van der Waals surface area contributed by atoms with E-state index in [2.05, 4.69) is 27.7 Å². The summed E-state index contributed by atoms with van der Waals surface area (Å²) in [5.74, 6) is 1.82. The second-order valence-corrected chi connectivity index (χ2v) is 4.46. The lowest BCUT2D eigenvalue weighted by molar-refractivity contribution is 0.363. The molecule has 1 aliphatic carbocycles. The second kappa shape index (κ2) is 4.11. The van der Waals surface area contributed by atoms with Crippen molar-refractivity contribution in [2.45, 2.75) is 53.4 Å². The highest BCUT2D eigenvalue weighted by molar-refractivity contribution is 5.16. The van der Waals surface area contributed by atoms with Gasteiger partial charge in [0.1, 0.15) is 0 Å². The predicted molar refractivity (Wildman–Crippen MR) is 55.2 cm³/mol. The van der Waals surface area contributed by atoms with Gasteiger partial charge in [-0.1, -0.05) is 37.8 Å². The van der Waals surface area contributed by atoms with Crippen LogP contribution in [0.4, 0.5) is 0 Å². The lowest BCUT2D eigenvalue weighted by atomic mass is 9.77. The Morgan fingerprint density at radius 3 is 2.50 bits per heavy atom. The number of allylic oxidation sites excluding steroid dienone is 2. The van der Waals surface area contributed by atoms with E-state index in [9.17, 15) is 0 Å². The van der Waals surface area contributed by atoms with Crippen LogP contribution in [0.5, 0.6) is 0 Å². The van der Waals surface area contributed by atoms with Gasteiger partial charge in [0.25, 0.3) is 0 Å². The van der Waals surface area contributed by atoms with Crippen molar-refractivity contribution < 1.29 is 0 Å². The molecule has 0 aliphatic heterocycles. The van der Waals surface area contributed by atoms with Crippen LogP contribution in [0.3, 0.4) is 0 Å². The second-order valence-electron chi connectivity index (χ2n) is 4.46. The largest absolute Gasteiger partial charge is 0.0739 e. The first kappa shape index (κ1) is 9.83. The molecule has 0 aromatic rings. The summed E-state index contributed by atoms with van der Waals surface area (Å²) < 4.78 is 0. The highest BCUT2D eigenvalue weighted by Gasteiger charge is 2.20. The average Bonchev–Trinajstić information content (AvgIpc) is 2.01. The van der Waals surface area contributed by atoms with Crippen LogP contribution in [0.2, 0.25) is 0 Å². The van der Waals surface area contributed by atoms with E-state index in [0.717, 1.165) is 11.8 Å². The van der Waals surface area contributed by atoms with Crippen LogP contribution in [0.1, 0.15) is 53.4 Å². The Labute approximate surface area is 77.1 Å². The molecule has 0 N–H and O–H groups in total. The summed E-state index contributed by atoms with van der Waals surface area (Å²) in [6, 6.07) is 0. The molecule has 0 saturated heterocycles. The Balaban J connectivity index is 2.58. The zero-order valence-electron chi connectivity index (χ0n) is 8.98. The summed E-state index contributed by atoms with van der Waals surface area (Å²) in [4.78, 5) is 0. The minimum atomic E-state index is 0.843. The third-order valence-electron chi connectivity index (χ3n) is 3.39. The maximum atomic E-state index is 2.38. The molecule has 0 heteroatoms. The summed E-state index contributed by atoms with van der Waals surface area (Å²) >= 11 is 0.